The van der Waals surface area contributed by atoms with Gasteiger partial charge in [-0.3, -0.25) is 4.90 Å². The molecule has 0 aromatic carbocycles. The largest absolute Gasteiger partial charge is 0.393 e. The summed E-state index contributed by atoms with van der Waals surface area (Å²) in [4.78, 5) is 6.78. The summed E-state index contributed by atoms with van der Waals surface area (Å²) in [6.45, 7) is 7.02. The number of aliphatic hydroxyl groups is 1. The van der Waals surface area contributed by atoms with Crippen molar-refractivity contribution in [1.82, 2.24) is 15.0 Å². The van der Waals surface area contributed by atoms with E-state index in [1.807, 2.05) is 13.8 Å². The normalized spacial score (nSPS) is 24.3. The van der Waals surface area contributed by atoms with Crippen LogP contribution in [0.1, 0.15) is 57.8 Å². The number of aromatic nitrogens is 2. The van der Waals surface area contributed by atoms with Crippen LogP contribution in [0, 0.1) is 0 Å². The van der Waals surface area contributed by atoms with Gasteiger partial charge in [0, 0.05) is 12.5 Å². The zero-order valence-corrected chi connectivity index (χ0v) is 11.5. The first-order valence-corrected chi connectivity index (χ1v) is 6.88. The van der Waals surface area contributed by atoms with Crippen molar-refractivity contribution in [2.45, 2.75) is 64.6 Å². The minimum atomic E-state index is -0.253. The highest BCUT2D eigenvalue weighted by molar-refractivity contribution is 4.95. The third kappa shape index (κ3) is 2.90. The fourth-order valence-electron chi connectivity index (χ4n) is 2.74. The molecule has 3 unspecified atom stereocenters. The molecular formula is C13H23N3O2. The second-order valence-electron chi connectivity index (χ2n) is 5.20. The van der Waals surface area contributed by atoms with Gasteiger partial charge in [-0.15, -0.1) is 0 Å². The quantitative estimate of drug-likeness (QED) is 0.868. The number of aryl methyl sites for hydroxylation is 1. The van der Waals surface area contributed by atoms with E-state index < -0.39 is 0 Å². The van der Waals surface area contributed by atoms with Crippen molar-refractivity contribution >= 4 is 0 Å². The predicted molar refractivity (Wildman–Crippen MR) is 68.1 cm³/mol. The summed E-state index contributed by atoms with van der Waals surface area (Å²) >= 11 is 0. The summed E-state index contributed by atoms with van der Waals surface area (Å²) in [6.07, 6.45) is 3.68. The van der Waals surface area contributed by atoms with Gasteiger partial charge in [0.05, 0.1) is 12.1 Å². The number of nitrogens with zero attached hydrogens (tertiary/aromatic N) is 3. The molecule has 1 saturated heterocycles. The summed E-state index contributed by atoms with van der Waals surface area (Å²) in [6, 6.07) is 0.570. The van der Waals surface area contributed by atoms with E-state index >= 15 is 0 Å². The molecule has 0 amide bonds. The van der Waals surface area contributed by atoms with Crippen LogP contribution in [-0.2, 0) is 6.42 Å². The molecule has 5 nitrogen and oxygen atoms in total. The van der Waals surface area contributed by atoms with E-state index in [9.17, 15) is 5.11 Å². The number of likely N-dealkylation sites (tertiary alicyclic amines) is 1. The molecular weight excluding hydrogens is 230 g/mol. The Bertz CT molecular complexity index is 378. The highest BCUT2D eigenvalue weighted by atomic mass is 16.5. The van der Waals surface area contributed by atoms with Gasteiger partial charge in [0.2, 0.25) is 5.89 Å². The van der Waals surface area contributed by atoms with Crippen molar-refractivity contribution in [1.29, 1.82) is 0 Å². The Morgan fingerprint density at radius 1 is 1.50 bits per heavy atom. The molecule has 2 rings (SSSR count). The lowest BCUT2D eigenvalue weighted by atomic mass is 10.1. The van der Waals surface area contributed by atoms with Crippen LogP contribution in [0.2, 0.25) is 0 Å². The van der Waals surface area contributed by atoms with Gasteiger partial charge in [-0.05, 0) is 39.7 Å². The number of rotatable bonds is 5. The topological polar surface area (TPSA) is 62.4 Å². The molecule has 0 aliphatic carbocycles. The number of hydrogen-bond acceptors (Lipinski definition) is 5. The van der Waals surface area contributed by atoms with E-state index in [4.69, 9.17) is 4.52 Å². The first kappa shape index (κ1) is 13.5. The summed E-state index contributed by atoms with van der Waals surface area (Å²) in [5.74, 6) is 1.47. The fraction of sp³-hybridized carbons (Fsp3) is 0.846. The van der Waals surface area contributed by atoms with Crippen LogP contribution in [-0.4, -0.2) is 38.8 Å². The van der Waals surface area contributed by atoms with Gasteiger partial charge in [-0.2, -0.15) is 4.98 Å². The van der Waals surface area contributed by atoms with Crippen LogP contribution in [0.25, 0.3) is 0 Å². The van der Waals surface area contributed by atoms with E-state index in [0.717, 1.165) is 31.6 Å². The maximum absolute atomic E-state index is 9.55. The standard InChI is InChI=1S/C13H23N3O2/c1-4-12-14-13(18-15-12)10(3)16-7-5-6-11(16)8-9(2)17/h9-11,17H,4-8H2,1-3H3. The molecule has 1 aliphatic rings. The zero-order valence-electron chi connectivity index (χ0n) is 11.5. The van der Waals surface area contributed by atoms with Crippen LogP contribution in [0.15, 0.2) is 4.52 Å². The molecule has 1 aromatic heterocycles. The molecule has 0 bridgehead atoms. The van der Waals surface area contributed by atoms with Crippen molar-refractivity contribution in [2.24, 2.45) is 0 Å². The lowest BCUT2D eigenvalue weighted by Gasteiger charge is -2.29. The Morgan fingerprint density at radius 3 is 2.89 bits per heavy atom. The van der Waals surface area contributed by atoms with E-state index in [2.05, 4.69) is 22.0 Å². The van der Waals surface area contributed by atoms with Crippen molar-refractivity contribution < 1.29 is 9.63 Å². The molecule has 0 spiro atoms. The molecule has 0 radical (unpaired) electrons. The van der Waals surface area contributed by atoms with Gasteiger partial charge in [0.25, 0.3) is 0 Å². The van der Waals surface area contributed by atoms with Crippen LogP contribution < -0.4 is 0 Å². The predicted octanol–water partition coefficient (Wildman–Crippen LogP) is 1.93. The van der Waals surface area contributed by atoms with E-state index in [1.165, 1.54) is 6.42 Å². The molecule has 1 aromatic rings. The van der Waals surface area contributed by atoms with Crippen LogP contribution in [0.3, 0.4) is 0 Å². The third-order valence-electron chi connectivity index (χ3n) is 3.69. The summed E-state index contributed by atoms with van der Waals surface area (Å²) in [5, 5.41) is 13.5. The first-order valence-electron chi connectivity index (χ1n) is 6.88. The minimum absolute atomic E-state index is 0.143. The first-order chi connectivity index (χ1) is 8.61. The van der Waals surface area contributed by atoms with Crippen LogP contribution >= 0.6 is 0 Å². The number of aliphatic hydroxyl groups excluding tert-OH is 1. The molecule has 3 atom stereocenters. The van der Waals surface area contributed by atoms with Gasteiger partial charge >= 0.3 is 0 Å². The summed E-state index contributed by atoms with van der Waals surface area (Å²) < 4.78 is 5.32. The summed E-state index contributed by atoms with van der Waals surface area (Å²) in [5.41, 5.74) is 0. The van der Waals surface area contributed by atoms with Gasteiger partial charge in [-0.25, -0.2) is 0 Å². The Balaban J connectivity index is 2.04. The van der Waals surface area contributed by atoms with Crippen molar-refractivity contribution in [3.8, 4) is 0 Å². The van der Waals surface area contributed by atoms with Crippen LogP contribution in [0.5, 0.6) is 0 Å². The Hall–Kier alpha value is -0.940. The van der Waals surface area contributed by atoms with Gasteiger partial charge in [0.1, 0.15) is 0 Å². The van der Waals surface area contributed by atoms with E-state index in [0.29, 0.717) is 11.9 Å². The van der Waals surface area contributed by atoms with Gasteiger partial charge < -0.3 is 9.63 Å². The van der Waals surface area contributed by atoms with E-state index in [1.54, 1.807) is 0 Å². The molecule has 2 heterocycles. The maximum Gasteiger partial charge on any atom is 0.243 e. The van der Waals surface area contributed by atoms with Crippen molar-refractivity contribution in [3.05, 3.63) is 11.7 Å². The minimum Gasteiger partial charge on any atom is -0.393 e. The average Bonchev–Trinajstić information content (AvgIpc) is 2.95. The SMILES string of the molecule is CCc1noc(C(C)N2CCCC2CC(C)O)n1. The lowest BCUT2D eigenvalue weighted by molar-refractivity contribution is 0.102. The molecule has 1 N–H and O–H groups in total. The Kier molecular flexibility index (Phi) is 4.35. The zero-order chi connectivity index (χ0) is 13.1. The second kappa shape index (κ2) is 5.80. The van der Waals surface area contributed by atoms with E-state index in [-0.39, 0.29) is 12.1 Å². The molecule has 1 fully saturated rings. The third-order valence-corrected chi connectivity index (χ3v) is 3.69. The van der Waals surface area contributed by atoms with Gasteiger partial charge in [-0.1, -0.05) is 12.1 Å². The molecule has 1 aliphatic heterocycles. The number of hydrogen-bond donors (Lipinski definition) is 1. The van der Waals surface area contributed by atoms with Gasteiger partial charge in [0.15, 0.2) is 5.82 Å². The average molecular weight is 253 g/mol. The van der Waals surface area contributed by atoms with Crippen molar-refractivity contribution in [3.63, 3.8) is 0 Å². The van der Waals surface area contributed by atoms with Crippen LogP contribution in [0.4, 0.5) is 0 Å². The Morgan fingerprint density at radius 2 is 2.28 bits per heavy atom. The summed E-state index contributed by atoms with van der Waals surface area (Å²) in [7, 11) is 0. The maximum atomic E-state index is 9.55. The monoisotopic (exact) mass is 253 g/mol. The fourth-order valence-corrected chi connectivity index (χ4v) is 2.74. The van der Waals surface area contributed by atoms with Crippen molar-refractivity contribution in [2.75, 3.05) is 6.54 Å². The Labute approximate surface area is 108 Å². The lowest BCUT2D eigenvalue weighted by Crippen LogP contribution is -2.34. The molecule has 5 heteroatoms. The highest BCUT2D eigenvalue weighted by Gasteiger charge is 2.32. The smallest absolute Gasteiger partial charge is 0.243 e. The molecule has 18 heavy (non-hydrogen) atoms. The molecule has 102 valence electrons. The highest BCUT2D eigenvalue weighted by Crippen LogP contribution is 2.30. The molecule has 0 saturated carbocycles. The second-order valence-corrected chi connectivity index (χ2v) is 5.20.